The summed E-state index contributed by atoms with van der Waals surface area (Å²) in [6.45, 7) is 0. The highest BCUT2D eigenvalue weighted by Gasteiger charge is 2.21. The van der Waals surface area contributed by atoms with Crippen molar-refractivity contribution in [3.05, 3.63) is 66.7 Å². The zero-order valence-electron chi connectivity index (χ0n) is 19.4. The third kappa shape index (κ3) is 5.17. The molecule has 3 heterocycles. The number of fused-ring (bicyclic) bond motifs is 1. The van der Waals surface area contributed by atoms with E-state index < -0.39 is 0 Å². The SMILES string of the molecule is COc1cccc(Nc2cc(NC3CCC(N)CC3)nn3c(C(=O)Nc4ccncc4)cnc23)c1. The van der Waals surface area contributed by atoms with Crippen LogP contribution in [0.5, 0.6) is 5.75 Å². The molecule has 0 radical (unpaired) electrons. The zero-order chi connectivity index (χ0) is 24.2. The van der Waals surface area contributed by atoms with Gasteiger partial charge in [-0.1, -0.05) is 6.07 Å². The van der Waals surface area contributed by atoms with Gasteiger partial charge in [0.2, 0.25) is 0 Å². The number of nitrogens with zero attached hydrogens (tertiary/aromatic N) is 4. The summed E-state index contributed by atoms with van der Waals surface area (Å²) in [5, 5.41) is 14.5. The van der Waals surface area contributed by atoms with Gasteiger partial charge in [-0.25, -0.2) is 9.50 Å². The smallest absolute Gasteiger partial charge is 0.276 e. The van der Waals surface area contributed by atoms with Crippen LogP contribution in [0.1, 0.15) is 36.2 Å². The number of ether oxygens (including phenoxy) is 1. The number of anilines is 4. The van der Waals surface area contributed by atoms with E-state index in [-0.39, 0.29) is 18.0 Å². The average Bonchev–Trinajstić information content (AvgIpc) is 3.31. The number of benzene rings is 1. The van der Waals surface area contributed by atoms with Crippen molar-refractivity contribution in [1.29, 1.82) is 0 Å². The molecule has 180 valence electrons. The second-order valence-electron chi connectivity index (χ2n) is 8.63. The molecule has 1 aliphatic carbocycles. The van der Waals surface area contributed by atoms with Gasteiger partial charge in [-0.3, -0.25) is 9.78 Å². The predicted molar refractivity (Wildman–Crippen MR) is 135 cm³/mol. The lowest BCUT2D eigenvalue weighted by molar-refractivity contribution is 0.102. The van der Waals surface area contributed by atoms with Crippen LogP contribution in [0.4, 0.5) is 22.9 Å². The Morgan fingerprint density at radius 3 is 2.66 bits per heavy atom. The second kappa shape index (κ2) is 9.98. The van der Waals surface area contributed by atoms with E-state index >= 15 is 0 Å². The molecule has 10 nitrogen and oxygen atoms in total. The highest BCUT2D eigenvalue weighted by Crippen LogP contribution is 2.28. The third-order valence-electron chi connectivity index (χ3n) is 6.11. The van der Waals surface area contributed by atoms with Crippen LogP contribution in [-0.4, -0.2) is 44.7 Å². The van der Waals surface area contributed by atoms with Gasteiger partial charge < -0.3 is 26.4 Å². The predicted octanol–water partition coefficient (Wildman–Crippen LogP) is 3.81. The van der Waals surface area contributed by atoms with Gasteiger partial charge in [0.15, 0.2) is 11.3 Å². The lowest BCUT2D eigenvalue weighted by atomic mass is 9.92. The van der Waals surface area contributed by atoms with Crippen LogP contribution in [0.3, 0.4) is 0 Å². The van der Waals surface area contributed by atoms with E-state index in [2.05, 4.69) is 25.9 Å². The van der Waals surface area contributed by atoms with E-state index in [1.165, 1.54) is 6.20 Å². The van der Waals surface area contributed by atoms with E-state index in [0.717, 1.165) is 37.1 Å². The van der Waals surface area contributed by atoms with Crippen LogP contribution < -0.4 is 26.4 Å². The van der Waals surface area contributed by atoms with Gasteiger partial charge in [0.05, 0.1) is 19.0 Å². The first-order valence-electron chi connectivity index (χ1n) is 11.6. The number of carbonyl (C=O) groups is 1. The Bertz CT molecular complexity index is 1320. The maximum Gasteiger partial charge on any atom is 0.276 e. The molecular weight excluding hydrogens is 444 g/mol. The van der Waals surface area contributed by atoms with E-state index in [1.807, 2.05) is 30.3 Å². The molecule has 0 aliphatic heterocycles. The minimum Gasteiger partial charge on any atom is -0.497 e. The number of nitrogens with one attached hydrogen (secondary N) is 3. The molecule has 0 saturated heterocycles. The fourth-order valence-electron chi connectivity index (χ4n) is 4.25. The second-order valence-corrected chi connectivity index (χ2v) is 8.63. The van der Waals surface area contributed by atoms with Gasteiger partial charge in [-0.05, 0) is 49.9 Å². The Balaban J connectivity index is 1.50. The normalized spacial score (nSPS) is 17.7. The molecule has 1 aromatic carbocycles. The minimum atomic E-state index is -0.315. The van der Waals surface area contributed by atoms with Gasteiger partial charge >= 0.3 is 0 Å². The molecule has 0 bridgehead atoms. The van der Waals surface area contributed by atoms with Crippen molar-refractivity contribution in [3.8, 4) is 5.75 Å². The van der Waals surface area contributed by atoms with Crippen molar-refractivity contribution in [2.75, 3.05) is 23.1 Å². The summed E-state index contributed by atoms with van der Waals surface area (Å²) in [4.78, 5) is 21.6. The van der Waals surface area contributed by atoms with Crippen molar-refractivity contribution < 1.29 is 9.53 Å². The molecule has 3 aromatic heterocycles. The Morgan fingerprint density at radius 2 is 1.89 bits per heavy atom. The summed E-state index contributed by atoms with van der Waals surface area (Å²) in [7, 11) is 1.63. The van der Waals surface area contributed by atoms with E-state index in [4.69, 9.17) is 15.6 Å². The summed E-state index contributed by atoms with van der Waals surface area (Å²) in [6, 6.07) is 13.5. The largest absolute Gasteiger partial charge is 0.497 e. The minimum absolute atomic E-state index is 0.255. The Kier molecular flexibility index (Phi) is 6.44. The number of nitrogens with two attached hydrogens (primary N) is 1. The Labute approximate surface area is 202 Å². The molecule has 35 heavy (non-hydrogen) atoms. The van der Waals surface area contributed by atoms with Crippen LogP contribution in [0.2, 0.25) is 0 Å². The van der Waals surface area contributed by atoms with E-state index in [1.54, 1.807) is 36.2 Å². The zero-order valence-corrected chi connectivity index (χ0v) is 19.4. The van der Waals surface area contributed by atoms with Crippen LogP contribution >= 0.6 is 0 Å². The number of carbonyl (C=O) groups excluding carboxylic acids is 1. The van der Waals surface area contributed by atoms with E-state index in [9.17, 15) is 4.79 Å². The first-order chi connectivity index (χ1) is 17.1. The Hall–Kier alpha value is -4.18. The fraction of sp³-hybridized carbons (Fsp3) is 0.280. The van der Waals surface area contributed by atoms with Gasteiger partial charge in [0, 0.05) is 48.0 Å². The summed E-state index contributed by atoms with van der Waals surface area (Å²) >= 11 is 0. The summed E-state index contributed by atoms with van der Waals surface area (Å²) in [5.74, 6) is 1.07. The lowest BCUT2D eigenvalue weighted by Crippen LogP contribution is -2.33. The Morgan fingerprint density at radius 1 is 1.09 bits per heavy atom. The standard InChI is InChI=1S/C25H28N8O2/c1-35-20-4-2-3-19(13-20)29-21-14-23(30-17-7-5-16(26)6-8-17)32-33-22(15-28-24(21)33)25(34)31-18-9-11-27-12-10-18/h2-4,9-17,29H,5-8,26H2,1H3,(H,30,32)(H,27,31,34). The van der Waals surface area contributed by atoms with Crippen molar-refractivity contribution in [3.63, 3.8) is 0 Å². The molecule has 1 fully saturated rings. The maximum atomic E-state index is 13.1. The summed E-state index contributed by atoms with van der Waals surface area (Å²) in [5.41, 5.74) is 9.11. The van der Waals surface area contributed by atoms with Gasteiger partial charge in [-0.15, -0.1) is 5.10 Å². The summed E-state index contributed by atoms with van der Waals surface area (Å²) < 4.78 is 6.92. The monoisotopic (exact) mass is 472 g/mol. The molecule has 0 atom stereocenters. The topological polar surface area (TPSA) is 131 Å². The molecule has 1 saturated carbocycles. The van der Waals surface area contributed by atoms with E-state index in [0.29, 0.717) is 28.5 Å². The molecule has 0 spiro atoms. The fourth-order valence-corrected chi connectivity index (χ4v) is 4.25. The maximum absolute atomic E-state index is 13.1. The van der Waals surface area contributed by atoms with Crippen LogP contribution in [0.15, 0.2) is 61.1 Å². The van der Waals surface area contributed by atoms with Gasteiger partial charge in [0.1, 0.15) is 11.6 Å². The van der Waals surface area contributed by atoms with Crippen LogP contribution in [-0.2, 0) is 0 Å². The molecule has 5 rings (SSSR count). The molecule has 10 heteroatoms. The van der Waals surface area contributed by atoms with Crippen molar-refractivity contribution in [2.24, 2.45) is 5.73 Å². The number of hydrogen-bond donors (Lipinski definition) is 4. The lowest BCUT2D eigenvalue weighted by Gasteiger charge is -2.27. The highest BCUT2D eigenvalue weighted by atomic mass is 16.5. The number of rotatable bonds is 7. The number of aromatic nitrogens is 4. The van der Waals surface area contributed by atoms with Crippen LogP contribution in [0.25, 0.3) is 5.65 Å². The average molecular weight is 473 g/mol. The van der Waals surface area contributed by atoms with Gasteiger partial charge in [0.25, 0.3) is 5.91 Å². The van der Waals surface area contributed by atoms with Crippen molar-refractivity contribution in [1.82, 2.24) is 19.6 Å². The quantitative estimate of drug-likeness (QED) is 0.319. The molecule has 1 aliphatic rings. The third-order valence-corrected chi connectivity index (χ3v) is 6.11. The summed E-state index contributed by atoms with van der Waals surface area (Å²) in [6.07, 6.45) is 8.66. The first kappa shape index (κ1) is 22.6. The molecule has 0 unspecified atom stereocenters. The molecule has 5 N–H and O–H groups in total. The van der Waals surface area contributed by atoms with Crippen molar-refractivity contribution in [2.45, 2.75) is 37.8 Å². The number of pyridine rings is 1. The first-order valence-corrected chi connectivity index (χ1v) is 11.6. The number of methoxy groups -OCH3 is 1. The molecule has 1 amide bonds. The van der Waals surface area contributed by atoms with Crippen molar-refractivity contribution >= 4 is 34.4 Å². The molecular formula is C25H28N8O2. The highest BCUT2D eigenvalue weighted by molar-refractivity contribution is 6.03. The van der Waals surface area contributed by atoms with Gasteiger partial charge in [-0.2, -0.15) is 0 Å². The molecule has 4 aromatic rings. The van der Waals surface area contributed by atoms with Crippen LogP contribution in [0, 0.1) is 0 Å². The number of imidazole rings is 1. The number of amides is 1. The number of hydrogen-bond acceptors (Lipinski definition) is 8.